The van der Waals surface area contributed by atoms with E-state index in [4.69, 9.17) is 5.73 Å². The number of likely N-dealkylation sites (N-methyl/N-ethyl adjacent to an activating group) is 1. The van der Waals surface area contributed by atoms with Crippen LogP contribution >= 0.6 is 0 Å². The molecule has 0 radical (unpaired) electrons. The number of anilines is 2. The molecule has 1 aromatic carbocycles. The van der Waals surface area contributed by atoms with Gasteiger partial charge in [0.15, 0.2) is 0 Å². The number of rotatable bonds is 5. The highest BCUT2D eigenvalue weighted by atomic mass is 15.4. The predicted octanol–water partition coefficient (Wildman–Crippen LogP) is 1.12. The molecule has 0 atom stereocenters. The maximum atomic E-state index is 5.66. The Kier molecular flexibility index (Phi) is 4.44. The van der Waals surface area contributed by atoms with Gasteiger partial charge >= 0.3 is 0 Å². The van der Waals surface area contributed by atoms with Crippen LogP contribution in [-0.4, -0.2) is 50.8 Å². The van der Waals surface area contributed by atoms with E-state index in [2.05, 4.69) is 17.7 Å². The highest BCUT2D eigenvalue weighted by molar-refractivity contribution is 5.51. The smallest absolute Gasteiger partial charge is 0.0911 e. The van der Waals surface area contributed by atoms with E-state index in [9.17, 15) is 0 Å². The van der Waals surface area contributed by atoms with Gasteiger partial charge in [-0.05, 0) is 24.3 Å². The van der Waals surface area contributed by atoms with Crippen LogP contribution in [0.1, 0.15) is 6.42 Å². The van der Waals surface area contributed by atoms with Crippen LogP contribution in [0.25, 0.3) is 0 Å². The summed E-state index contributed by atoms with van der Waals surface area (Å²) in [5, 5.41) is 6.87. The van der Waals surface area contributed by atoms with Crippen molar-refractivity contribution in [2.75, 3.05) is 57.4 Å². The summed E-state index contributed by atoms with van der Waals surface area (Å²) in [4.78, 5) is 0. The molecule has 4 nitrogen and oxygen atoms in total. The Hall–Kier alpha value is -1.26. The highest BCUT2D eigenvalue weighted by Gasteiger charge is 2.23. The fourth-order valence-electron chi connectivity index (χ4n) is 2.45. The second kappa shape index (κ2) is 6.07. The lowest BCUT2D eigenvalue weighted by Gasteiger charge is -2.38. The first-order valence-electron chi connectivity index (χ1n) is 6.82. The molecule has 0 spiro atoms. The van der Waals surface area contributed by atoms with Crippen molar-refractivity contribution in [2.24, 2.45) is 0 Å². The van der Waals surface area contributed by atoms with Crippen molar-refractivity contribution in [3.63, 3.8) is 0 Å². The number of nitrogen functional groups attached to an aromatic ring is 1. The maximum Gasteiger partial charge on any atom is 0.0911 e. The van der Waals surface area contributed by atoms with Gasteiger partial charge in [0.05, 0.1) is 26.7 Å². The van der Waals surface area contributed by atoms with Gasteiger partial charge in [-0.15, -0.1) is 0 Å². The van der Waals surface area contributed by atoms with Gasteiger partial charge < -0.3 is 20.9 Å². The molecule has 0 saturated carbocycles. The maximum absolute atomic E-state index is 5.66. The van der Waals surface area contributed by atoms with Gasteiger partial charge in [-0.3, -0.25) is 0 Å². The average molecular weight is 249 g/mol. The normalized spacial score (nSPS) is 18.5. The van der Waals surface area contributed by atoms with E-state index >= 15 is 0 Å². The number of hydrogen-bond acceptors (Lipinski definition) is 3. The first-order valence-corrected chi connectivity index (χ1v) is 6.82. The zero-order valence-corrected chi connectivity index (χ0v) is 11.3. The van der Waals surface area contributed by atoms with Gasteiger partial charge in [-0.1, -0.05) is 0 Å². The van der Waals surface area contributed by atoms with Crippen LogP contribution in [0.3, 0.4) is 0 Å². The van der Waals surface area contributed by atoms with Crippen LogP contribution in [-0.2, 0) is 0 Å². The first kappa shape index (κ1) is 13.2. The topological polar surface area (TPSA) is 50.1 Å². The van der Waals surface area contributed by atoms with Crippen molar-refractivity contribution in [1.29, 1.82) is 0 Å². The Morgan fingerprint density at radius 1 is 1.22 bits per heavy atom. The van der Waals surface area contributed by atoms with E-state index in [0.717, 1.165) is 31.0 Å². The summed E-state index contributed by atoms with van der Waals surface area (Å²) < 4.78 is 1.20. The lowest BCUT2D eigenvalue weighted by molar-refractivity contribution is -0.911. The minimum absolute atomic E-state index is 0.819. The third-order valence-corrected chi connectivity index (χ3v) is 3.77. The molecule has 18 heavy (non-hydrogen) atoms. The predicted molar refractivity (Wildman–Crippen MR) is 77.6 cm³/mol. The number of benzene rings is 1. The van der Waals surface area contributed by atoms with Crippen molar-refractivity contribution >= 4 is 11.4 Å². The van der Waals surface area contributed by atoms with E-state index in [1.54, 1.807) is 0 Å². The standard InChI is InChI=1S/C14H25N4/c1-18(11-8-16-9-12-18)10-2-7-17-14-5-3-13(15)4-6-14/h3-6,16-17H,2,7-12,15H2,1H3/q+1. The Balaban J connectivity index is 1.67. The van der Waals surface area contributed by atoms with E-state index in [1.165, 1.54) is 30.5 Å². The molecule has 0 unspecified atom stereocenters. The number of nitrogens with two attached hydrogens (primary N) is 1. The summed E-state index contributed by atoms with van der Waals surface area (Å²) in [6.45, 7) is 7.10. The molecule has 0 bridgehead atoms. The van der Waals surface area contributed by atoms with Gasteiger partial charge in [0, 0.05) is 37.4 Å². The van der Waals surface area contributed by atoms with Gasteiger partial charge in [0.25, 0.3) is 0 Å². The summed E-state index contributed by atoms with van der Waals surface area (Å²) >= 11 is 0. The van der Waals surface area contributed by atoms with Crippen molar-refractivity contribution in [1.82, 2.24) is 5.32 Å². The van der Waals surface area contributed by atoms with Crippen molar-refractivity contribution in [3.8, 4) is 0 Å². The number of hydrogen-bond donors (Lipinski definition) is 3. The number of nitrogens with zero attached hydrogens (tertiary/aromatic N) is 1. The zero-order chi connectivity index (χ0) is 12.8. The fourth-order valence-corrected chi connectivity index (χ4v) is 2.45. The van der Waals surface area contributed by atoms with Crippen molar-refractivity contribution in [2.45, 2.75) is 6.42 Å². The summed E-state index contributed by atoms with van der Waals surface area (Å²) in [5.74, 6) is 0. The van der Waals surface area contributed by atoms with Crippen molar-refractivity contribution in [3.05, 3.63) is 24.3 Å². The molecule has 0 aliphatic carbocycles. The monoisotopic (exact) mass is 249 g/mol. The first-order chi connectivity index (χ1) is 8.68. The third-order valence-electron chi connectivity index (χ3n) is 3.77. The van der Waals surface area contributed by atoms with E-state index in [1.807, 2.05) is 24.3 Å². The van der Waals surface area contributed by atoms with E-state index in [0.29, 0.717) is 0 Å². The number of quaternary nitrogens is 1. The Morgan fingerprint density at radius 3 is 2.56 bits per heavy atom. The lowest BCUT2D eigenvalue weighted by atomic mass is 10.2. The molecule has 1 heterocycles. The molecule has 1 fully saturated rings. The summed E-state index contributed by atoms with van der Waals surface area (Å²) in [7, 11) is 2.37. The average Bonchev–Trinajstić information content (AvgIpc) is 2.38. The Morgan fingerprint density at radius 2 is 1.89 bits per heavy atom. The molecular weight excluding hydrogens is 224 g/mol. The molecule has 1 aliphatic heterocycles. The van der Waals surface area contributed by atoms with Crippen molar-refractivity contribution < 1.29 is 4.48 Å². The van der Waals surface area contributed by atoms with Gasteiger partial charge in [0.1, 0.15) is 0 Å². The van der Waals surface area contributed by atoms with Crippen LogP contribution in [0.5, 0.6) is 0 Å². The largest absolute Gasteiger partial charge is 0.399 e. The molecule has 100 valence electrons. The van der Waals surface area contributed by atoms with Crippen LogP contribution in [0.4, 0.5) is 11.4 Å². The SMILES string of the molecule is C[N+]1(CCCNc2ccc(N)cc2)CCNCC1. The van der Waals surface area contributed by atoms with Crippen LogP contribution in [0, 0.1) is 0 Å². The van der Waals surface area contributed by atoms with Crippen LogP contribution in [0.2, 0.25) is 0 Å². The van der Waals surface area contributed by atoms with Crippen LogP contribution < -0.4 is 16.4 Å². The molecule has 1 aliphatic rings. The molecule has 0 amide bonds. The lowest BCUT2D eigenvalue weighted by Crippen LogP contribution is -2.56. The quantitative estimate of drug-likeness (QED) is 0.416. The third kappa shape index (κ3) is 3.89. The van der Waals surface area contributed by atoms with Crippen LogP contribution in [0.15, 0.2) is 24.3 Å². The minimum atomic E-state index is 0.819. The van der Waals surface area contributed by atoms with Gasteiger partial charge in [-0.25, -0.2) is 0 Å². The fraction of sp³-hybridized carbons (Fsp3) is 0.571. The molecule has 1 aromatic rings. The summed E-state index contributed by atoms with van der Waals surface area (Å²) in [5.41, 5.74) is 7.64. The molecular formula is C14H25N4+. The summed E-state index contributed by atoms with van der Waals surface area (Å²) in [6.07, 6.45) is 1.21. The molecule has 4 heteroatoms. The van der Waals surface area contributed by atoms with E-state index < -0.39 is 0 Å². The second-order valence-electron chi connectivity index (χ2n) is 5.44. The van der Waals surface area contributed by atoms with Gasteiger partial charge in [0.2, 0.25) is 0 Å². The number of nitrogens with one attached hydrogen (secondary N) is 2. The Bertz CT molecular complexity index is 355. The number of piperazine rings is 1. The summed E-state index contributed by atoms with van der Waals surface area (Å²) in [6, 6.07) is 7.95. The minimum Gasteiger partial charge on any atom is -0.399 e. The molecule has 2 rings (SSSR count). The second-order valence-corrected chi connectivity index (χ2v) is 5.44. The molecule has 4 N–H and O–H groups in total. The highest BCUT2D eigenvalue weighted by Crippen LogP contribution is 2.11. The Labute approximate surface area is 110 Å². The molecule has 0 aromatic heterocycles. The zero-order valence-electron chi connectivity index (χ0n) is 11.3. The van der Waals surface area contributed by atoms with Gasteiger partial charge in [-0.2, -0.15) is 0 Å². The van der Waals surface area contributed by atoms with E-state index in [-0.39, 0.29) is 0 Å². The molecule has 1 saturated heterocycles.